The molecule has 2 N–H and O–H groups in total. The lowest BCUT2D eigenvalue weighted by molar-refractivity contribution is -0.142. The molecule has 92 valence electrons. The van der Waals surface area contributed by atoms with Crippen LogP contribution in [0.1, 0.15) is 10.4 Å². The van der Waals surface area contributed by atoms with Gasteiger partial charge in [-0.1, -0.05) is 0 Å². The van der Waals surface area contributed by atoms with Gasteiger partial charge in [0.25, 0.3) is 5.91 Å². The minimum atomic E-state index is -1.08. The van der Waals surface area contributed by atoms with E-state index >= 15 is 0 Å². The summed E-state index contributed by atoms with van der Waals surface area (Å²) in [5.41, 5.74) is 0.100. The van der Waals surface area contributed by atoms with Gasteiger partial charge in [-0.15, -0.1) is 0 Å². The molecule has 0 aliphatic heterocycles. The molecule has 1 rings (SSSR count). The summed E-state index contributed by atoms with van der Waals surface area (Å²) in [6, 6.07) is 1.06. The zero-order valence-corrected chi connectivity index (χ0v) is 8.85. The summed E-state index contributed by atoms with van der Waals surface area (Å²) < 4.78 is 17.4. The predicted molar refractivity (Wildman–Crippen MR) is 55.0 cm³/mol. The van der Waals surface area contributed by atoms with Gasteiger partial charge in [0.1, 0.15) is 12.4 Å². The van der Waals surface area contributed by atoms with E-state index in [-0.39, 0.29) is 18.7 Å². The zero-order chi connectivity index (χ0) is 12.7. The predicted octanol–water partition coefficient (Wildman–Crippen LogP) is 0.0517. The van der Waals surface area contributed by atoms with Gasteiger partial charge < -0.3 is 15.2 Å². The number of rotatable bonds is 6. The van der Waals surface area contributed by atoms with Crippen molar-refractivity contribution in [1.29, 1.82) is 0 Å². The fourth-order valence-corrected chi connectivity index (χ4v) is 1.03. The number of amides is 1. The molecule has 0 spiro atoms. The molecule has 17 heavy (non-hydrogen) atoms. The number of nitrogens with zero attached hydrogens (tertiary/aromatic N) is 1. The minimum Gasteiger partial charge on any atom is -0.480 e. The molecule has 0 unspecified atom stereocenters. The van der Waals surface area contributed by atoms with E-state index in [1.54, 1.807) is 0 Å². The van der Waals surface area contributed by atoms with Crippen LogP contribution in [-0.2, 0) is 9.53 Å². The summed E-state index contributed by atoms with van der Waals surface area (Å²) in [5, 5.41) is 10.7. The van der Waals surface area contributed by atoms with E-state index in [0.29, 0.717) is 0 Å². The van der Waals surface area contributed by atoms with E-state index in [4.69, 9.17) is 9.84 Å². The summed E-state index contributed by atoms with van der Waals surface area (Å²) in [6.07, 6.45) is 2.23. The van der Waals surface area contributed by atoms with Gasteiger partial charge in [0.15, 0.2) is 0 Å². The Labute approximate surface area is 96.4 Å². The van der Waals surface area contributed by atoms with Crippen LogP contribution in [0.2, 0.25) is 0 Å². The van der Waals surface area contributed by atoms with Gasteiger partial charge in [0.2, 0.25) is 0 Å². The highest BCUT2D eigenvalue weighted by atomic mass is 19.1. The van der Waals surface area contributed by atoms with Gasteiger partial charge in [0.05, 0.1) is 18.4 Å². The van der Waals surface area contributed by atoms with Crippen molar-refractivity contribution in [3.05, 3.63) is 29.8 Å². The molecule has 6 nitrogen and oxygen atoms in total. The molecule has 7 heteroatoms. The maximum atomic E-state index is 12.7. The van der Waals surface area contributed by atoms with Crippen molar-refractivity contribution >= 4 is 11.9 Å². The zero-order valence-electron chi connectivity index (χ0n) is 8.85. The van der Waals surface area contributed by atoms with Crippen LogP contribution in [-0.4, -0.2) is 41.7 Å². The number of ether oxygens (including phenoxy) is 1. The molecular weight excluding hydrogens is 231 g/mol. The summed E-state index contributed by atoms with van der Waals surface area (Å²) in [5.74, 6) is -2.17. The molecular formula is C10H11FN2O4. The van der Waals surface area contributed by atoms with Gasteiger partial charge in [-0.25, -0.2) is 9.18 Å². The lowest BCUT2D eigenvalue weighted by Gasteiger charge is -2.04. The van der Waals surface area contributed by atoms with Gasteiger partial charge in [-0.3, -0.25) is 9.78 Å². The first-order valence-electron chi connectivity index (χ1n) is 4.78. The van der Waals surface area contributed by atoms with Crippen LogP contribution >= 0.6 is 0 Å². The highest BCUT2D eigenvalue weighted by molar-refractivity contribution is 5.93. The van der Waals surface area contributed by atoms with Gasteiger partial charge in [-0.05, 0) is 6.07 Å². The van der Waals surface area contributed by atoms with E-state index < -0.39 is 24.3 Å². The van der Waals surface area contributed by atoms with Crippen LogP contribution in [0, 0.1) is 5.82 Å². The minimum absolute atomic E-state index is 0.0702. The van der Waals surface area contributed by atoms with Crippen molar-refractivity contribution in [3.63, 3.8) is 0 Å². The van der Waals surface area contributed by atoms with Crippen molar-refractivity contribution in [2.45, 2.75) is 0 Å². The average Bonchev–Trinajstić information content (AvgIpc) is 2.28. The summed E-state index contributed by atoms with van der Waals surface area (Å²) in [7, 11) is 0. The van der Waals surface area contributed by atoms with Crippen LogP contribution in [0.15, 0.2) is 18.5 Å². The third kappa shape index (κ3) is 5.03. The number of nitrogens with one attached hydrogen (secondary N) is 1. The Morgan fingerprint density at radius 3 is 2.88 bits per heavy atom. The number of aliphatic carboxylic acids is 1. The number of pyridine rings is 1. The third-order valence-electron chi connectivity index (χ3n) is 1.72. The highest BCUT2D eigenvalue weighted by Gasteiger charge is 2.06. The average molecular weight is 242 g/mol. The number of halogens is 1. The number of carboxylic acids is 1. The Kier molecular flexibility index (Phi) is 5.02. The van der Waals surface area contributed by atoms with Crippen molar-refractivity contribution in [2.75, 3.05) is 19.8 Å². The molecule has 1 amide bonds. The molecule has 0 aromatic carbocycles. The Morgan fingerprint density at radius 2 is 2.24 bits per heavy atom. The smallest absolute Gasteiger partial charge is 0.329 e. The van der Waals surface area contributed by atoms with Gasteiger partial charge in [0, 0.05) is 12.7 Å². The molecule has 0 fully saturated rings. The number of aromatic nitrogens is 1. The van der Waals surface area contributed by atoms with E-state index in [0.717, 1.165) is 12.3 Å². The lowest BCUT2D eigenvalue weighted by Crippen LogP contribution is -2.28. The lowest BCUT2D eigenvalue weighted by atomic mass is 10.2. The fraction of sp³-hybridized carbons (Fsp3) is 0.300. The van der Waals surface area contributed by atoms with Crippen LogP contribution in [0.4, 0.5) is 4.39 Å². The molecule has 0 bridgehead atoms. The molecule has 0 radical (unpaired) electrons. The van der Waals surface area contributed by atoms with E-state index in [1.165, 1.54) is 6.20 Å². The monoisotopic (exact) mass is 242 g/mol. The largest absolute Gasteiger partial charge is 0.480 e. The van der Waals surface area contributed by atoms with Crippen LogP contribution < -0.4 is 5.32 Å². The first kappa shape index (κ1) is 13.0. The molecule has 1 heterocycles. The van der Waals surface area contributed by atoms with Crippen molar-refractivity contribution < 1.29 is 23.8 Å². The Balaban J connectivity index is 2.28. The number of carboxylic acid groups (broad SMARTS) is 1. The van der Waals surface area contributed by atoms with Crippen molar-refractivity contribution in [3.8, 4) is 0 Å². The second-order valence-corrected chi connectivity index (χ2v) is 3.09. The topological polar surface area (TPSA) is 88.5 Å². The summed E-state index contributed by atoms with van der Waals surface area (Å²) in [4.78, 5) is 25.0. The van der Waals surface area contributed by atoms with Crippen LogP contribution in [0.5, 0.6) is 0 Å². The maximum Gasteiger partial charge on any atom is 0.329 e. The third-order valence-corrected chi connectivity index (χ3v) is 1.72. The number of carbonyl (C=O) groups is 2. The van der Waals surface area contributed by atoms with E-state index in [9.17, 15) is 14.0 Å². The molecule has 1 aromatic rings. The SMILES string of the molecule is O=C(O)COCCNC(=O)c1cncc(F)c1. The van der Waals surface area contributed by atoms with Crippen LogP contribution in [0.3, 0.4) is 0 Å². The molecule has 0 saturated heterocycles. The van der Waals surface area contributed by atoms with Gasteiger partial charge in [-0.2, -0.15) is 0 Å². The fourth-order valence-electron chi connectivity index (χ4n) is 1.03. The summed E-state index contributed by atoms with van der Waals surface area (Å²) in [6.45, 7) is -0.208. The van der Waals surface area contributed by atoms with E-state index in [2.05, 4.69) is 10.3 Å². The van der Waals surface area contributed by atoms with Gasteiger partial charge >= 0.3 is 5.97 Å². The highest BCUT2D eigenvalue weighted by Crippen LogP contribution is 1.99. The molecule has 0 atom stereocenters. The normalized spacial score (nSPS) is 9.94. The van der Waals surface area contributed by atoms with Crippen molar-refractivity contribution in [1.82, 2.24) is 10.3 Å². The Hall–Kier alpha value is -2.02. The number of carbonyl (C=O) groups excluding carboxylic acids is 1. The quantitative estimate of drug-likeness (QED) is 0.688. The second kappa shape index (κ2) is 6.54. The Morgan fingerprint density at radius 1 is 1.47 bits per heavy atom. The second-order valence-electron chi connectivity index (χ2n) is 3.09. The molecule has 0 aliphatic carbocycles. The van der Waals surface area contributed by atoms with Crippen molar-refractivity contribution in [2.24, 2.45) is 0 Å². The molecule has 0 saturated carbocycles. The standard InChI is InChI=1S/C10H11FN2O4/c11-8-3-7(4-12-5-8)10(16)13-1-2-17-6-9(14)15/h3-5H,1-2,6H2,(H,13,16)(H,14,15). The van der Waals surface area contributed by atoms with E-state index in [1.807, 2.05) is 0 Å². The summed E-state index contributed by atoms with van der Waals surface area (Å²) >= 11 is 0. The molecule has 0 aliphatic rings. The maximum absolute atomic E-state index is 12.7. The van der Waals surface area contributed by atoms with Crippen LogP contribution in [0.25, 0.3) is 0 Å². The first-order chi connectivity index (χ1) is 8.09. The first-order valence-corrected chi connectivity index (χ1v) is 4.78. The number of hydrogen-bond acceptors (Lipinski definition) is 4. The number of hydrogen-bond donors (Lipinski definition) is 2. The molecule has 1 aromatic heterocycles. The Bertz CT molecular complexity index is 411.